The molecule has 4 atom stereocenters. The Labute approximate surface area is 296 Å². The zero-order valence-electron chi connectivity index (χ0n) is 27.9. The summed E-state index contributed by atoms with van der Waals surface area (Å²) in [4.78, 5) is 53.0. The molecule has 3 aliphatic heterocycles. The zero-order valence-corrected chi connectivity index (χ0v) is 29.5. The summed E-state index contributed by atoms with van der Waals surface area (Å²) in [5.41, 5.74) is 15.0. The van der Waals surface area contributed by atoms with E-state index in [1.807, 2.05) is 12.1 Å². The van der Waals surface area contributed by atoms with Crippen LogP contribution in [-0.4, -0.2) is 113 Å². The Bertz CT molecular complexity index is 1850. The van der Waals surface area contributed by atoms with Gasteiger partial charge in [-0.15, -0.1) is 15.6 Å². The van der Waals surface area contributed by atoms with Crippen molar-refractivity contribution in [2.45, 2.75) is 68.9 Å². The van der Waals surface area contributed by atoms with E-state index >= 15 is 0 Å². The lowest BCUT2D eigenvalue weighted by atomic mass is 9.84. The van der Waals surface area contributed by atoms with Crippen LogP contribution >= 0.6 is 11.3 Å². The van der Waals surface area contributed by atoms with Gasteiger partial charge in [-0.2, -0.15) is 13.5 Å². The number of ether oxygens (including phenoxy) is 1. The van der Waals surface area contributed by atoms with Crippen molar-refractivity contribution >= 4 is 56.3 Å². The number of aliphatic carboxylic acids is 1. The van der Waals surface area contributed by atoms with E-state index in [1.54, 1.807) is 6.07 Å². The van der Waals surface area contributed by atoms with Crippen molar-refractivity contribution < 1.29 is 46.3 Å². The number of rotatable bonds is 13. The summed E-state index contributed by atoms with van der Waals surface area (Å²) in [6.07, 6.45) is -0.373. The lowest BCUT2D eigenvalue weighted by Gasteiger charge is -2.50. The van der Waals surface area contributed by atoms with E-state index in [-0.39, 0.29) is 29.2 Å². The molecule has 11 N–H and O–H groups in total. The predicted molar refractivity (Wildman–Crippen MR) is 183 cm³/mol. The molecule has 20 nitrogen and oxygen atoms in total. The normalized spacial score (nSPS) is 22.8. The number of carbonyl (C=O) groups excluding carboxylic acids is 2. The van der Waals surface area contributed by atoms with Gasteiger partial charge < -0.3 is 47.8 Å². The Kier molecular flexibility index (Phi) is 10.7. The topological polar surface area (TPSA) is 308 Å². The zero-order chi connectivity index (χ0) is 37.3. The van der Waals surface area contributed by atoms with Gasteiger partial charge in [-0.25, -0.2) is 9.78 Å². The van der Waals surface area contributed by atoms with E-state index in [0.29, 0.717) is 49.4 Å². The highest BCUT2D eigenvalue weighted by atomic mass is 32.3. The first-order chi connectivity index (χ1) is 24.0. The number of hydroxylamine groups is 2. The summed E-state index contributed by atoms with van der Waals surface area (Å²) in [6, 6.07) is 4.24. The molecule has 4 heterocycles. The van der Waals surface area contributed by atoms with Gasteiger partial charge in [0.15, 0.2) is 22.9 Å². The fourth-order valence-corrected chi connectivity index (χ4v) is 6.72. The molecule has 51 heavy (non-hydrogen) atoms. The molecule has 1 fully saturated rings. The monoisotopic (exact) mass is 752 g/mol. The second-order valence-electron chi connectivity index (χ2n) is 12.8. The number of nitrogens with two attached hydrogens (primary N) is 3. The van der Waals surface area contributed by atoms with Crippen LogP contribution in [-0.2, 0) is 40.3 Å². The van der Waals surface area contributed by atoms with Gasteiger partial charge in [0.2, 0.25) is 0 Å². The van der Waals surface area contributed by atoms with Crippen LogP contribution in [0.3, 0.4) is 0 Å². The number of guanidine groups is 1. The fraction of sp³-hybridized carbons (Fsp3) is 0.517. The SMILES string of the molecule is CC(ON=C(C(=O)NC1C(=O)N(OS(=O)(=O)O)C1(C)C)c1csc(N)n1)(C(=O)O)C1CCc2cc(C3CN=C(NC(CN)CN)NC3)ccc2O1. The highest BCUT2D eigenvalue weighted by Gasteiger charge is 2.58. The first-order valence-electron chi connectivity index (χ1n) is 15.7. The lowest BCUT2D eigenvalue weighted by molar-refractivity contribution is -0.218. The number of aliphatic imine (C=N–C) groups is 1. The highest BCUT2D eigenvalue weighted by Crippen LogP contribution is 2.36. The average Bonchev–Trinajstić information content (AvgIpc) is 3.53. The quantitative estimate of drug-likeness (QED) is 0.0497. The Hall–Kier alpha value is -4.61. The molecule has 1 aromatic heterocycles. The van der Waals surface area contributed by atoms with Crippen molar-refractivity contribution in [3.63, 3.8) is 0 Å². The molecule has 2 aromatic rings. The minimum Gasteiger partial charge on any atom is -0.485 e. The molecule has 1 saturated heterocycles. The largest absolute Gasteiger partial charge is 0.485 e. The van der Waals surface area contributed by atoms with E-state index in [9.17, 15) is 27.9 Å². The van der Waals surface area contributed by atoms with Crippen molar-refractivity contribution in [2.75, 3.05) is 31.9 Å². The fourth-order valence-electron chi connectivity index (χ4n) is 5.72. The Morgan fingerprint density at radius 2 is 2.04 bits per heavy atom. The second kappa shape index (κ2) is 14.6. The standard InChI is InChI=1S/C29H40N10O10S2/c1-28(2)22(24(41)39(28)49-51(44,45)46)37-23(40)21(18-13-50-26(32)36-18)38-48-29(3,25(42)43)20-7-5-15-8-14(4-6-19(15)47-20)16-11-33-27(34-12-16)35-17(9-30)10-31/h4,6,8,13,16-17,20,22H,5,7,9-12,30-31H2,1-3H3,(H2,32,36)(H,37,40)(H,42,43)(H2,33,34,35)(H,44,45,46). The maximum Gasteiger partial charge on any atom is 0.418 e. The Morgan fingerprint density at radius 1 is 1.31 bits per heavy atom. The predicted octanol–water partition coefficient (Wildman–Crippen LogP) is -1.56. The van der Waals surface area contributed by atoms with Crippen LogP contribution in [0.5, 0.6) is 5.75 Å². The van der Waals surface area contributed by atoms with E-state index in [2.05, 4.69) is 35.4 Å². The first kappa shape index (κ1) is 37.6. The molecule has 3 aliphatic rings. The number of benzene rings is 1. The smallest absolute Gasteiger partial charge is 0.418 e. The van der Waals surface area contributed by atoms with Crippen molar-refractivity contribution in [1.82, 2.24) is 26.0 Å². The molecule has 22 heteroatoms. The number of hydrogen-bond acceptors (Lipinski definition) is 17. The molecule has 5 rings (SSSR count). The molecular weight excluding hydrogens is 713 g/mol. The Morgan fingerprint density at radius 3 is 2.61 bits per heavy atom. The van der Waals surface area contributed by atoms with Gasteiger partial charge in [-0.3, -0.25) is 19.1 Å². The first-order valence-corrected chi connectivity index (χ1v) is 18.0. The van der Waals surface area contributed by atoms with E-state index in [0.717, 1.165) is 22.5 Å². The molecule has 0 spiro atoms. The van der Waals surface area contributed by atoms with Crippen LogP contribution in [0, 0.1) is 0 Å². The van der Waals surface area contributed by atoms with Gasteiger partial charge in [0.1, 0.15) is 17.5 Å². The van der Waals surface area contributed by atoms with Crippen LogP contribution in [0.2, 0.25) is 0 Å². The summed E-state index contributed by atoms with van der Waals surface area (Å²) in [7, 11) is -5.03. The van der Waals surface area contributed by atoms with Crippen molar-refractivity contribution in [1.29, 1.82) is 0 Å². The van der Waals surface area contributed by atoms with Crippen LogP contribution in [0.1, 0.15) is 49.9 Å². The Balaban J connectivity index is 1.31. The van der Waals surface area contributed by atoms with Gasteiger partial charge in [-0.1, -0.05) is 17.3 Å². The number of amides is 2. The van der Waals surface area contributed by atoms with Crippen molar-refractivity contribution in [3.8, 4) is 5.75 Å². The molecule has 278 valence electrons. The molecule has 4 unspecified atom stereocenters. The number of carboxylic acid groups (broad SMARTS) is 1. The molecule has 0 radical (unpaired) electrons. The maximum atomic E-state index is 13.5. The van der Waals surface area contributed by atoms with Crippen LogP contribution in [0.15, 0.2) is 33.7 Å². The number of anilines is 1. The molecular formula is C29H40N10O10S2. The number of thiazole rings is 1. The van der Waals surface area contributed by atoms with Crippen LogP contribution in [0.25, 0.3) is 0 Å². The molecule has 2 amide bonds. The summed E-state index contributed by atoms with van der Waals surface area (Å²) in [6.45, 7) is 5.92. The molecule has 1 aromatic carbocycles. The van der Waals surface area contributed by atoms with Gasteiger partial charge in [-0.05, 0) is 50.8 Å². The highest BCUT2D eigenvalue weighted by molar-refractivity contribution is 7.80. The number of β-lactam (4-membered cyclic amide) rings is 1. The number of hydrogen-bond donors (Lipinski definition) is 8. The minimum atomic E-state index is -5.03. The van der Waals surface area contributed by atoms with Crippen molar-refractivity contribution in [3.05, 3.63) is 40.4 Å². The summed E-state index contributed by atoms with van der Waals surface area (Å²) in [5.74, 6) is -2.25. The lowest BCUT2D eigenvalue weighted by Crippen LogP contribution is -2.76. The number of aromatic nitrogens is 1. The maximum absolute atomic E-state index is 13.5. The third-order valence-corrected chi connectivity index (χ3v) is 9.87. The second-order valence-corrected chi connectivity index (χ2v) is 14.7. The van der Waals surface area contributed by atoms with Gasteiger partial charge in [0, 0.05) is 30.9 Å². The summed E-state index contributed by atoms with van der Waals surface area (Å²) in [5, 5.41) is 24.9. The number of aryl methyl sites for hydroxylation is 1. The number of carboxylic acids is 1. The van der Waals surface area contributed by atoms with E-state index < -0.39 is 57.2 Å². The number of oxime groups is 1. The number of nitrogens with zero attached hydrogens (tertiary/aromatic N) is 4. The van der Waals surface area contributed by atoms with Gasteiger partial charge in [0.25, 0.3) is 17.4 Å². The summed E-state index contributed by atoms with van der Waals surface area (Å²) >= 11 is 0.968. The van der Waals surface area contributed by atoms with Gasteiger partial charge >= 0.3 is 16.4 Å². The number of fused-ring (bicyclic) bond motifs is 1. The van der Waals surface area contributed by atoms with E-state index in [1.165, 1.54) is 26.2 Å². The number of nitrogens with one attached hydrogen (secondary N) is 3. The number of nitrogen functional groups attached to an aromatic ring is 1. The van der Waals surface area contributed by atoms with Crippen molar-refractivity contribution in [2.24, 2.45) is 21.6 Å². The molecule has 0 aliphatic carbocycles. The minimum absolute atomic E-state index is 0.0608. The van der Waals surface area contributed by atoms with Crippen LogP contribution in [0.4, 0.5) is 5.13 Å². The third kappa shape index (κ3) is 7.99. The molecule has 0 bridgehead atoms. The van der Waals surface area contributed by atoms with E-state index in [4.69, 9.17) is 31.3 Å². The summed E-state index contributed by atoms with van der Waals surface area (Å²) < 4.78 is 41.8. The van der Waals surface area contributed by atoms with Gasteiger partial charge in [0.05, 0.1) is 18.1 Å². The third-order valence-electron chi connectivity index (χ3n) is 8.86. The molecule has 0 saturated carbocycles. The average molecular weight is 753 g/mol. The number of carbonyl (C=O) groups is 3. The van der Waals surface area contributed by atoms with Crippen LogP contribution < -0.4 is 37.9 Å².